The van der Waals surface area contributed by atoms with E-state index in [1.807, 2.05) is 24.3 Å². The number of nitrogens with one attached hydrogen (secondary N) is 1. The number of nitrogens with zero attached hydrogens (tertiary/aromatic N) is 5. The first-order valence-electron chi connectivity index (χ1n) is 26.0. The Morgan fingerprint density at radius 3 is 1.43 bits per heavy atom. The zero-order valence-electron chi connectivity index (χ0n) is 44.4. The van der Waals surface area contributed by atoms with E-state index in [9.17, 15) is 49.2 Å². The minimum atomic E-state index is -1.33. The van der Waals surface area contributed by atoms with Crippen LogP contribution in [0.1, 0.15) is 77.2 Å². The SMILES string of the molecule is CCCOCCOCCOCCCN(CC(=O)CCCCOCCOCCOCCCCC(=S)Nc1ccc(CCC(C(=O)[O-])N2CCN(CC(=O)[O-])CCN(CC(=O)[O-])CCN(CC(=O)[O-])CC2)cc1)C(C)=O.[Ga+3]. The number of aryl methyl sites for hydroxylation is 1. The summed E-state index contributed by atoms with van der Waals surface area (Å²) in [6, 6.07) is 6.41. The van der Waals surface area contributed by atoms with Gasteiger partial charge in [0.15, 0.2) is 5.78 Å². The van der Waals surface area contributed by atoms with Gasteiger partial charge in [-0.05, 0) is 75.5 Å². The van der Waals surface area contributed by atoms with Gasteiger partial charge >= 0.3 is 19.8 Å². The number of ketones is 1. The van der Waals surface area contributed by atoms with Crippen LogP contribution in [-0.2, 0) is 63.6 Å². The van der Waals surface area contributed by atoms with Gasteiger partial charge < -0.3 is 78.2 Å². The van der Waals surface area contributed by atoms with E-state index in [4.69, 9.17) is 40.6 Å². The van der Waals surface area contributed by atoms with Crippen LogP contribution in [0.2, 0.25) is 0 Å². The number of thiocarbonyl (C=S) groups is 1. The Labute approximate surface area is 462 Å². The van der Waals surface area contributed by atoms with Gasteiger partial charge in [0.05, 0.1) is 88.3 Å². The van der Waals surface area contributed by atoms with E-state index in [1.54, 1.807) is 19.6 Å². The maximum atomic E-state index is 12.6. The van der Waals surface area contributed by atoms with Crippen molar-refractivity contribution in [3.63, 3.8) is 0 Å². The normalized spacial score (nSPS) is 14.7. The first-order chi connectivity index (χ1) is 35.7. The molecule has 0 radical (unpaired) electrons. The number of hydrogen-bond acceptors (Lipinski definition) is 21. The van der Waals surface area contributed by atoms with E-state index < -0.39 is 49.6 Å². The summed E-state index contributed by atoms with van der Waals surface area (Å²) in [6.45, 7) is 10.0. The molecule has 1 amide bonds. The van der Waals surface area contributed by atoms with Crippen molar-refractivity contribution in [3.05, 3.63) is 29.8 Å². The number of hydrogen-bond donors (Lipinski definition) is 1. The number of anilines is 1. The molecule has 1 aliphatic rings. The molecule has 1 N–H and O–H groups in total. The van der Waals surface area contributed by atoms with Gasteiger partial charge in [-0.3, -0.25) is 29.2 Å². The van der Waals surface area contributed by atoms with Crippen LogP contribution in [0.3, 0.4) is 0 Å². The van der Waals surface area contributed by atoms with Crippen molar-refractivity contribution in [3.8, 4) is 0 Å². The van der Waals surface area contributed by atoms with E-state index in [0.29, 0.717) is 116 Å². The first-order valence-corrected chi connectivity index (χ1v) is 26.4. The molecule has 1 aromatic carbocycles. The molecular formula is C51H82GaN6O16S-. The molecule has 1 saturated heterocycles. The van der Waals surface area contributed by atoms with Gasteiger partial charge in [0, 0.05) is 130 Å². The monoisotopic (exact) mass is 1140 g/mol. The number of carboxylic acids is 4. The fraction of sp³-hybridized carbons (Fsp3) is 0.745. The molecule has 0 aromatic heterocycles. The van der Waals surface area contributed by atoms with Gasteiger partial charge in [0.1, 0.15) is 0 Å². The molecule has 422 valence electrons. The zero-order valence-corrected chi connectivity index (χ0v) is 47.6. The summed E-state index contributed by atoms with van der Waals surface area (Å²) in [7, 11) is 0. The topological polar surface area (TPSA) is 278 Å². The van der Waals surface area contributed by atoms with Crippen molar-refractivity contribution in [2.75, 3.05) is 170 Å². The number of ether oxygens (including phenoxy) is 6. The predicted molar refractivity (Wildman–Crippen MR) is 276 cm³/mol. The number of amides is 1. The Balaban J connectivity index is 0.0000281. The van der Waals surface area contributed by atoms with Crippen LogP contribution in [0.15, 0.2) is 24.3 Å². The summed E-state index contributed by atoms with van der Waals surface area (Å²) in [6.07, 6.45) is 6.25. The molecule has 24 heteroatoms. The number of carbonyl (C=O) groups excluding carboxylic acids is 6. The van der Waals surface area contributed by atoms with Crippen molar-refractivity contribution < 1.29 is 77.6 Å². The standard InChI is InChI=1S/C51H86N6O16S.Ga/c1-3-26-68-30-34-72-37-33-71-29-8-17-57(42(2)58)38-45(59)9-4-6-27-69-31-35-73-36-32-70-28-7-5-10-47(74)52-44-14-11-43(12-15-44)13-16-46(51(66)67)56-24-22-54(40-49(62)63)20-18-53(39-48(60)61)19-21-55(23-25-56)41-50(64)65;/h11-12,14-15,46H,3-10,13,16-41H2,1-2H3,(H,52,74)(H,60,61)(H,62,63)(H,64,65)(H,66,67);/q;+3/p-4. The molecule has 1 unspecified atom stereocenters. The molecular weight excluding hydrogens is 1050 g/mol. The second-order valence-corrected chi connectivity index (χ2v) is 18.5. The van der Waals surface area contributed by atoms with Gasteiger partial charge in [-0.15, -0.1) is 0 Å². The Morgan fingerprint density at radius 2 is 1.00 bits per heavy atom. The van der Waals surface area contributed by atoms with Crippen LogP contribution < -0.4 is 25.7 Å². The number of carboxylic acid groups (broad SMARTS) is 4. The van der Waals surface area contributed by atoms with E-state index in [1.165, 1.54) is 11.8 Å². The molecule has 1 aliphatic heterocycles. The third-order valence-corrected chi connectivity index (χ3v) is 12.2. The van der Waals surface area contributed by atoms with Crippen LogP contribution in [0.4, 0.5) is 5.69 Å². The molecule has 22 nitrogen and oxygen atoms in total. The number of carbonyl (C=O) groups is 6. The van der Waals surface area contributed by atoms with E-state index in [0.717, 1.165) is 43.5 Å². The second-order valence-electron chi connectivity index (χ2n) is 18.0. The molecule has 0 spiro atoms. The quantitative estimate of drug-likeness (QED) is 0.0394. The zero-order chi connectivity index (χ0) is 54.2. The fourth-order valence-corrected chi connectivity index (χ4v) is 8.12. The minimum absolute atomic E-state index is 0. The van der Waals surface area contributed by atoms with E-state index >= 15 is 0 Å². The Bertz CT molecular complexity index is 1730. The Morgan fingerprint density at radius 1 is 0.587 bits per heavy atom. The van der Waals surface area contributed by atoms with Crippen molar-refractivity contribution in [2.24, 2.45) is 0 Å². The Kier molecular flexibility index (Phi) is 41.0. The van der Waals surface area contributed by atoms with Gasteiger partial charge in [-0.2, -0.15) is 0 Å². The van der Waals surface area contributed by atoms with Crippen LogP contribution in [0.25, 0.3) is 0 Å². The van der Waals surface area contributed by atoms with Crippen molar-refractivity contribution in [1.82, 2.24) is 24.5 Å². The van der Waals surface area contributed by atoms with Crippen molar-refractivity contribution in [1.29, 1.82) is 0 Å². The molecule has 0 aliphatic carbocycles. The van der Waals surface area contributed by atoms with Crippen LogP contribution in [-0.4, -0.2) is 255 Å². The van der Waals surface area contributed by atoms with Crippen LogP contribution >= 0.6 is 12.2 Å². The van der Waals surface area contributed by atoms with E-state index in [-0.39, 0.29) is 96.8 Å². The average Bonchev–Trinajstić information content (AvgIpc) is 3.34. The fourth-order valence-electron chi connectivity index (χ4n) is 7.86. The number of Topliss-reactive ketones (excluding diaryl/α,β-unsaturated/α-hetero) is 1. The summed E-state index contributed by atoms with van der Waals surface area (Å²) in [4.78, 5) is 80.0. The van der Waals surface area contributed by atoms with Gasteiger partial charge in [-0.1, -0.05) is 31.3 Å². The smallest absolute Gasteiger partial charge is 0.549 e. The maximum absolute atomic E-state index is 12.6. The van der Waals surface area contributed by atoms with Gasteiger partial charge in [0.25, 0.3) is 0 Å². The van der Waals surface area contributed by atoms with E-state index in [2.05, 4.69) is 12.2 Å². The Hall–Kier alpha value is -3.63. The van der Waals surface area contributed by atoms with Crippen LogP contribution in [0.5, 0.6) is 0 Å². The molecule has 75 heavy (non-hydrogen) atoms. The summed E-state index contributed by atoms with van der Waals surface area (Å²) in [5, 5.41) is 50.2. The molecule has 1 aromatic rings. The largest absolute Gasteiger partial charge is 3.00 e. The molecule has 1 heterocycles. The summed E-state index contributed by atoms with van der Waals surface area (Å²) in [5.74, 6) is -5.42. The molecule has 2 rings (SSSR count). The number of rotatable bonds is 42. The molecule has 0 saturated carbocycles. The summed E-state index contributed by atoms with van der Waals surface area (Å²) < 4.78 is 33.3. The second kappa shape index (κ2) is 44.4. The first kappa shape index (κ1) is 69.4. The molecule has 1 atom stereocenters. The van der Waals surface area contributed by atoms with Gasteiger partial charge in [0.2, 0.25) is 5.91 Å². The third kappa shape index (κ3) is 36.9. The number of benzene rings is 1. The predicted octanol–water partition coefficient (Wildman–Crippen LogP) is -2.77. The average molecular weight is 1140 g/mol. The number of aliphatic carboxylic acids is 4. The van der Waals surface area contributed by atoms with Crippen molar-refractivity contribution >= 4 is 78.3 Å². The third-order valence-electron chi connectivity index (χ3n) is 11.9. The van der Waals surface area contributed by atoms with Gasteiger partial charge in [-0.25, -0.2) is 0 Å². The maximum Gasteiger partial charge on any atom is 3.00 e. The number of unbranched alkanes of at least 4 members (excludes halogenated alkanes) is 2. The minimum Gasteiger partial charge on any atom is -0.549 e. The van der Waals surface area contributed by atoms with Crippen molar-refractivity contribution in [2.45, 2.75) is 84.1 Å². The summed E-state index contributed by atoms with van der Waals surface area (Å²) in [5.41, 5.74) is 1.66. The van der Waals surface area contributed by atoms with Crippen LogP contribution in [0, 0.1) is 0 Å². The molecule has 0 bridgehead atoms. The molecule has 1 fully saturated rings. The summed E-state index contributed by atoms with van der Waals surface area (Å²) >= 11 is 5.55.